The molecule has 3 rings (SSSR count). The predicted molar refractivity (Wildman–Crippen MR) is 101 cm³/mol. The molecule has 0 saturated carbocycles. The summed E-state index contributed by atoms with van der Waals surface area (Å²) < 4.78 is 5.35. The highest BCUT2D eigenvalue weighted by atomic mass is 35.5. The lowest BCUT2D eigenvalue weighted by Gasteiger charge is -2.17. The number of halogens is 1. The van der Waals surface area contributed by atoms with Gasteiger partial charge < -0.3 is 9.64 Å². The third kappa shape index (κ3) is 4.97. The normalized spacial score (nSPS) is 14.0. The average molecular weight is 358 g/mol. The van der Waals surface area contributed by atoms with Gasteiger partial charge in [-0.05, 0) is 42.7 Å². The van der Waals surface area contributed by atoms with Gasteiger partial charge >= 0.3 is 0 Å². The number of hydrogen-bond acceptors (Lipinski definition) is 4. The minimum atomic E-state index is -0.343. The summed E-state index contributed by atoms with van der Waals surface area (Å²) >= 11 is 5.96. The highest BCUT2D eigenvalue weighted by Crippen LogP contribution is 2.23. The van der Waals surface area contributed by atoms with E-state index in [-0.39, 0.29) is 12.5 Å². The van der Waals surface area contributed by atoms with E-state index in [0.717, 1.165) is 18.7 Å². The number of amides is 1. The van der Waals surface area contributed by atoms with Gasteiger partial charge in [-0.25, -0.2) is 5.43 Å². The van der Waals surface area contributed by atoms with Crippen molar-refractivity contribution in [1.29, 1.82) is 0 Å². The van der Waals surface area contributed by atoms with Crippen molar-refractivity contribution in [3.63, 3.8) is 0 Å². The van der Waals surface area contributed by atoms with E-state index in [0.29, 0.717) is 10.8 Å². The van der Waals surface area contributed by atoms with Crippen LogP contribution in [0.5, 0.6) is 5.75 Å². The second-order valence-electron chi connectivity index (χ2n) is 5.80. The molecule has 1 saturated heterocycles. The van der Waals surface area contributed by atoms with Gasteiger partial charge in [0.15, 0.2) is 6.61 Å². The lowest BCUT2D eigenvalue weighted by Crippen LogP contribution is -2.24. The van der Waals surface area contributed by atoms with Crippen LogP contribution in [0.15, 0.2) is 53.6 Å². The standard InChI is InChI=1S/C19H20ClN3O2/c20-17-5-1-2-6-18(17)25-14-19(24)22-21-13-15-7-9-16(10-8-15)23-11-3-4-12-23/h1-2,5-10,13H,3-4,11-12,14H2,(H,22,24)/b21-13-. The Hall–Kier alpha value is -2.53. The Morgan fingerprint density at radius 1 is 1.16 bits per heavy atom. The number of hydrazone groups is 1. The van der Waals surface area contributed by atoms with Crippen LogP contribution in [-0.2, 0) is 4.79 Å². The lowest BCUT2D eigenvalue weighted by atomic mass is 10.2. The quantitative estimate of drug-likeness (QED) is 0.636. The number of nitrogens with zero attached hydrogens (tertiary/aromatic N) is 2. The Balaban J connectivity index is 1.45. The first kappa shape index (κ1) is 17.3. The lowest BCUT2D eigenvalue weighted by molar-refractivity contribution is -0.123. The first-order valence-corrected chi connectivity index (χ1v) is 8.64. The van der Waals surface area contributed by atoms with Crippen molar-refractivity contribution in [2.75, 3.05) is 24.6 Å². The fourth-order valence-corrected chi connectivity index (χ4v) is 2.85. The van der Waals surface area contributed by atoms with E-state index in [1.807, 2.05) is 12.1 Å². The molecule has 0 atom stereocenters. The second kappa shape index (κ2) is 8.53. The van der Waals surface area contributed by atoms with Crippen molar-refractivity contribution in [2.24, 2.45) is 5.10 Å². The first-order chi connectivity index (χ1) is 12.2. The maximum atomic E-state index is 11.7. The Morgan fingerprint density at radius 2 is 1.88 bits per heavy atom. The molecule has 0 spiro atoms. The molecular weight excluding hydrogens is 338 g/mol. The van der Waals surface area contributed by atoms with Gasteiger partial charge in [-0.15, -0.1) is 0 Å². The zero-order valence-electron chi connectivity index (χ0n) is 13.8. The van der Waals surface area contributed by atoms with E-state index in [9.17, 15) is 4.79 Å². The minimum absolute atomic E-state index is 0.144. The molecule has 2 aromatic carbocycles. The van der Waals surface area contributed by atoms with E-state index < -0.39 is 0 Å². The molecule has 1 N–H and O–H groups in total. The minimum Gasteiger partial charge on any atom is -0.482 e. The third-order valence-corrected chi connectivity index (χ3v) is 4.27. The molecule has 1 aliphatic rings. The van der Waals surface area contributed by atoms with Crippen molar-refractivity contribution >= 4 is 29.4 Å². The van der Waals surface area contributed by atoms with Crippen LogP contribution in [-0.4, -0.2) is 31.8 Å². The molecule has 0 aliphatic carbocycles. The van der Waals surface area contributed by atoms with Gasteiger partial charge in [-0.1, -0.05) is 35.9 Å². The van der Waals surface area contributed by atoms with E-state index in [2.05, 4.69) is 27.6 Å². The summed E-state index contributed by atoms with van der Waals surface area (Å²) in [4.78, 5) is 14.1. The topological polar surface area (TPSA) is 53.9 Å². The summed E-state index contributed by atoms with van der Waals surface area (Å²) in [6, 6.07) is 15.1. The van der Waals surface area contributed by atoms with Crippen molar-refractivity contribution < 1.29 is 9.53 Å². The number of para-hydroxylation sites is 1. The molecule has 1 amide bonds. The zero-order chi connectivity index (χ0) is 17.5. The first-order valence-electron chi connectivity index (χ1n) is 8.26. The Morgan fingerprint density at radius 3 is 2.60 bits per heavy atom. The average Bonchev–Trinajstić information content (AvgIpc) is 3.16. The van der Waals surface area contributed by atoms with Crippen LogP contribution in [0, 0.1) is 0 Å². The molecule has 130 valence electrons. The summed E-state index contributed by atoms with van der Waals surface area (Å²) in [5, 5.41) is 4.42. The number of benzene rings is 2. The van der Waals surface area contributed by atoms with Crippen molar-refractivity contribution in [1.82, 2.24) is 5.43 Å². The number of anilines is 1. The van der Waals surface area contributed by atoms with Crippen molar-refractivity contribution in [3.05, 3.63) is 59.1 Å². The molecule has 0 aromatic heterocycles. The summed E-state index contributed by atoms with van der Waals surface area (Å²) in [6.07, 6.45) is 4.12. The molecule has 25 heavy (non-hydrogen) atoms. The SMILES string of the molecule is O=C(COc1ccccc1Cl)N/N=C\c1ccc(N2CCCC2)cc1. The van der Waals surface area contributed by atoms with Crippen LogP contribution in [0.2, 0.25) is 5.02 Å². The van der Waals surface area contributed by atoms with Gasteiger partial charge in [0.25, 0.3) is 5.91 Å². The fourth-order valence-electron chi connectivity index (χ4n) is 2.66. The van der Waals surface area contributed by atoms with Gasteiger partial charge in [0.1, 0.15) is 5.75 Å². The summed E-state index contributed by atoms with van der Waals surface area (Å²) in [5.74, 6) is 0.130. The summed E-state index contributed by atoms with van der Waals surface area (Å²) in [7, 11) is 0. The monoisotopic (exact) mass is 357 g/mol. The number of rotatable bonds is 6. The van der Waals surface area contributed by atoms with Crippen LogP contribution >= 0.6 is 11.6 Å². The van der Waals surface area contributed by atoms with Crippen LogP contribution in [0.3, 0.4) is 0 Å². The van der Waals surface area contributed by atoms with E-state index in [1.165, 1.54) is 18.5 Å². The number of hydrogen-bond donors (Lipinski definition) is 1. The van der Waals surface area contributed by atoms with Gasteiger partial charge in [0, 0.05) is 18.8 Å². The maximum Gasteiger partial charge on any atom is 0.277 e. The smallest absolute Gasteiger partial charge is 0.277 e. The molecule has 1 heterocycles. The Kier molecular flexibility index (Phi) is 5.90. The number of carbonyl (C=O) groups is 1. The number of nitrogens with one attached hydrogen (secondary N) is 1. The molecular formula is C19H20ClN3O2. The van der Waals surface area contributed by atoms with Gasteiger partial charge in [0.2, 0.25) is 0 Å². The van der Waals surface area contributed by atoms with Crippen LogP contribution in [0.25, 0.3) is 0 Å². The molecule has 2 aromatic rings. The molecule has 0 unspecified atom stereocenters. The Labute approximate surface area is 152 Å². The highest BCUT2D eigenvalue weighted by Gasteiger charge is 2.11. The summed E-state index contributed by atoms with van der Waals surface area (Å²) in [5.41, 5.74) is 4.60. The van der Waals surface area contributed by atoms with Crippen molar-refractivity contribution in [2.45, 2.75) is 12.8 Å². The summed E-state index contributed by atoms with van der Waals surface area (Å²) in [6.45, 7) is 2.10. The fraction of sp³-hybridized carbons (Fsp3) is 0.263. The van der Waals surface area contributed by atoms with E-state index >= 15 is 0 Å². The third-order valence-electron chi connectivity index (χ3n) is 3.96. The van der Waals surface area contributed by atoms with Gasteiger partial charge in [0.05, 0.1) is 11.2 Å². The van der Waals surface area contributed by atoms with Crippen molar-refractivity contribution in [3.8, 4) is 5.75 Å². The Bertz CT molecular complexity index is 741. The van der Waals surface area contributed by atoms with Crippen LogP contribution in [0.1, 0.15) is 18.4 Å². The molecule has 6 heteroatoms. The van der Waals surface area contributed by atoms with Gasteiger partial charge in [-0.2, -0.15) is 5.10 Å². The van der Waals surface area contributed by atoms with Gasteiger partial charge in [-0.3, -0.25) is 4.79 Å². The van der Waals surface area contributed by atoms with Crippen LogP contribution < -0.4 is 15.1 Å². The molecule has 0 radical (unpaired) electrons. The largest absolute Gasteiger partial charge is 0.482 e. The van der Waals surface area contributed by atoms with Crippen LogP contribution in [0.4, 0.5) is 5.69 Å². The molecule has 1 aliphatic heterocycles. The number of ether oxygens (including phenoxy) is 1. The number of carbonyl (C=O) groups excluding carboxylic acids is 1. The second-order valence-corrected chi connectivity index (χ2v) is 6.21. The van der Waals surface area contributed by atoms with E-state index in [1.54, 1.807) is 30.5 Å². The van der Waals surface area contributed by atoms with E-state index in [4.69, 9.17) is 16.3 Å². The zero-order valence-corrected chi connectivity index (χ0v) is 14.6. The maximum absolute atomic E-state index is 11.7. The molecule has 0 bridgehead atoms. The molecule has 1 fully saturated rings. The highest BCUT2D eigenvalue weighted by molar-refractivity contribution is 6.32. The molecule has 5 nitrogen and oxygen atoms in total. The predicted octanol–water partition coefficient (Wildman–Crippen LogP) is 3.47.